The quantitative estimate of drug-likeness (QED) is 0.591. The van der Waals surface area contributed by atoms with Crippen LogP contribution in [0.2, 0.25) is 0 Å². The molecule has 1 atom stereocenters. The van der Waals surface area contributed by atoms with Crippen LogP contribution in [0.3, 0.4) is 0 Å². The van der Waals surface area contributed by atoms with Crippen molar-refractivity contribution in [3.8, 4) is 0 Å². The summed E-state index contributed by atoms with van der Waals surface area (Å²) < 4.78 is 0. The van der Waals surface area contributed by atoms with E-state index in [0.717, 1.165) is 19.4 Å². The minimum atomic E-state index is 0.164. The average Bonchev–Trinajstić information content (AvgIpc) is 2.67. The van der Waals surface area contributed by atoms with E-state index < -0.39 is 0 Å². The number of carbonyl (C=O) groups is 1. The molecule has 1 unspecified atom stereocenters. The second kappa shape index (κ2) is 2.34. The van der Waals surface area contributed by atoms with Gasteiger partial charge in [-0.25, -0.2) is 0 Å². The lowest BCUT2D eigenvalue weighted by Gasteiger charge is -2.16. The predicted molar refractivity (Wildman–Crippen MR) is 50.9 cm³/mol. The van der Waals surface area contributed by atoms with E-state index in [2.05, 4.69) is 17.0 Å². The Labute approximate surface area is 77.2 Å². The Morgan fingerprint density at radius 1 is 1.31 bits per heavy atom. The number of fused-ring (bicyclic) bond motifs is 3. The van der Waals surface area contributed by atoms with Gasteiger partial charge in [0.2, 0.25) is 0 Å². The fraction of sp³-hybridized carbons (Fsp3) is 0.364. The summed E-state index contributed by atoms with van der Waals surface area (Å²) in [5, 5.41) is 0. The van der Waals surface area contributed by atoms with E-state index in [-0.39, 0.29) is 6.04 Å². The highest BCUT2D eigenvalue weighted by atomic mass is 16.1. The molecule has 0 bridgehead atoms. The molecule has 0 radical (unpaired) electrons. The van der Waals surface area contributed by atoms with Crippen molar-refractivity contribution in [1.29, 1.82) is 0 Å². The molecular weight excluding hydrogens is 162 g/mol. The summed E-state index contributed by atoms with van der Waals surface area (Å²) in [6, 6.07) is 8.50. The van der Waals surface area contributed by atoms with E-state index in [4.69, 9.17) is 0 Å². The van der Waals surface area contributed by atoms with Crippen molar-refractivity contribution < 1.29 is 4.79 Å². The van der Waals surface area contributed by atoms with Crippen molar-refractivity contribution in [3.05, 3.63) is 29.8 Å². The number of benzene rings is 1. The fourth-order valence-corrected chi connectivity index (χ4v) is 2.41. The molecule has 1 aromatic carbocycles. The number of rotatable bonds is 0. The third-order valence-corrected chi connectivity index (χ3v) is 3.06. The van der Waals surface area contributed by atoms with Crippen LogP contribution in [0.5, 0.6) is 0 Å². The van der Waals surface area contributed by atoms with Crippen LogP contribution >= 0.6 is 0 Å². The maximum Gasteiger partial charge on any atom is 0.157 e. The van der Waals surface area contributed by atoms with E-state index in [1.807, 2.05) is 12.1 Å². The van der Waals surface area contributed by atoms with Gasteiger partial charge in [0, 0.05) is 25.1 Å². The number of anilines is 1. The molecule has 2 heteroatoms. The van der Waals surface area contributed by atoms with Crippen LogP contribution in [0.25, 0.3) is 0 Å². The molecule has 0 N–H and O–H groups in total. The molecule has 0 saturated carbocycles. The molecule has 2 aliphatic rings. The molecule has 2 aliphatic heterocycles. The van der Waals surface area contributed by atoms with Gasteiger partial charge in [0.1, 0.15) is 0 Å². The van der Waals surface area contributed by atoms with E-state index >= 15 is 0 Å². The summed E-state index contributed by atoms with van der Waals surface area (Å²) in [6.45, 7) is 0.917. The highest BCUT2D eigenvalue weighted by Gasteiger charge is 2.38. The minimum Gasteiger partial charge on any atom is -0.360 e. The van der Waals surface area contributed by atoms with E-state index in [9.17, 15) is 4.79 Å². The number of Topliss-reactive ketones (excluding diaryl/α,β-unsaturated/α-hetero) is 1. The topological polar surface area (TPSA) is 20.3 Å². The van der Waals surface area contributed by atoms with Gasteiger partial charge >= 0.3 is 0 Å². The Morgan fingerprint density at radius 3 is 3.08 bits per heavy atom. The van der Waals surface area contributed by atoms with Crippen LogP contribution in [-0.4, -0.2) is 18.4 Å². The van der Waals surface area contributed by atoms with Crippen molar-refractivity contribution in [2.75, 3.05) is 11.4 Å². The molecule has 0 aromatic heterocycles. The first-order chi connectivity index (χ1) is 6.36. The van der Waals surface area contributed by atoms with Crippen molar-refractivity contribution >= 4 is 11.5 Å². The normalized spacial score (nSPS) is 24.8. The summed E-state index contributed by atoms with van der Waals surface area (Å²) in [7, 11) is 0. The molecule has 0 aliphatic carbocycles. The summed E-state index contributed by atoms with van der Waals surface area (Å²) in [5.74, 6) is 0.413. The number of carbonyl (C=O) groups excluding carboxylic acids is 1. The van der Waals surface area contributed by atoms with Crippen LogP contribution in [0.4, 0.5) is 5.69 Å². The van der Waals surface area contributed by atoms with Crippen LogP contribution < -0.4 is 4.90 Å². The van der Waals surface area contributed by atoms with Crippen LogP contribution in [0.1, 0.15) is 12.0 Å². The zero-order valence-electron chi connectivity index (χ0n) is 7.36. The molecule has 2 heterocycles. The fourth-order valence-electron chi connectivity index (χ4n) is 2.41. The molecule has 0 amide bonds. The summed E-state index contributed by atoms with van der Waals surface area (Å²) in [4.78, 5) is 13.7. The molecule has 0 spiro atoms. The van der Waals surface area contributed by atoms with E-state index in [1.165, 1.54) is 11.3 Å². The minimum absolute atomic E-state index is 0.164. The number of hydrogen-bond acceptors (Lipinski definition) is 2. The first-order valence-electron chi connectivity index (χ1n) is 4.73. The molecule has 66 valence electrons. The lowest BCUT2D eigenvalue weighted by Crippen LogP contribution is -2.28. The number of para-hydroxylation sites is 1. The van der Waals surface area contributed by atoms with Gasteiger partial charge in [-0.2, -0.15) is 0 Å². The van der Waals surface area contributed by atoms with Crippen LogP contribution in [0, 0.1) is 0 Å². The largest absolute Gasteiger partial charge is 0.360 e. The summed E-state index contributed by atoms with van der Waals surface area (Å²) in [6.07, 6.45) is 1.66. The van der Waals surface area contributed by atoms with Crippen molar-refractivity contribution in [2.45, 2.75) is 18.9 Å². The molecule has 13 heavy (non-hydrogen) atoms. The Morgan fingerprint density at radius 2 is 2.15 bits per heavy atom. The zero-order chi connectivity index (χ0) is 8.84. The average molecular weight is 173 g/mol. The molecule has 2 nitrogen and oxygen atoms in total. The van der Waals surface area contributed by atoms with Gasteiger partial charge in [0.15, 0.2) is 5.78 Å². The van der Waals surface area contributed by atoms with Gasteiger partial charge in [-0.3, -0.25) is 4.79 Å². The molecule has 1 saturated heterocycles. The Hall–Kier alpha value is -1.31. The van der Waals surface area contributed by atoms with Gasteiger partial charge in [0.25, 0.3) is 0 Å². The lowest BCUT2D eigenvalue weighted by molar-refractivity contribution is -0.118. The first-order valence-corrected chi connectivity index (χ1v) is 4.73. The molecule has 1 aromatic rings. The standard InChI is InChI=1S/C11H11NO/c13-11-5-6-12-9-4-2-1-3-8(9)7-10(11)12/h1-4,10H,5-7H2. The number of hydrogen-bond donors (Lipinski definition) is 0. The maximum absolute atomic E-state index is 11.5. The second-order valence-corrected chi connectivity index (χ2v) is 3.76. The van der Waals surface area contributed by atoms with Gasteiger partial charge in [0.05, 0.1) is 6.04 Å². The van der Waals surface area contributed by atoms with E-state index in [1.54, 1.807) is 0 Å². The Balaban J connectivity index is 2.09. The Kier molecular flexibility index (Phi) is 1.29. The Bertz CT molecular complexity index is 372. The van der Waals surface area contributed by atoms with Crippen LogP contribution in [0.15, 0.2) is 24.3 Å². The predicted octanol–water partition coefficient (Wildman–Crippen LogP) is 1.39. The monoisotopic (exact) mass is 173 g/mol. The van der Waals surface area contributed by atoms with Gasteiger partial charge in [-0.15, -0.1) is 0 Å². The summed E-state index contributed by atoms with van der Waals surface area (Å²) >= 11 is 0. The van der Waals surface area contributed by atoms with Gasteiger partial charge in [-0.05, 0) is 11.6 Å². The van der Waals surface area contributed by atoms with Crippen molar-refractivity contribution in [2.24, 2.45) is 0 Å². The SMILES string of the molecule is O=C1CCN2c3ccccc3CC12. The molecular formula is C11H11NO. The van der Waals surface area contributed by atoms with Crippen molar-refractivity contribution in [1.82, 2.24) is 0 Å². The smallest absolute Gasteiger partial charge is 0.157 e. The lowest BCUT2D eigenvalue weighted by atomic mass is 10.1. The highest BCUT2D eigenvalue weighted by Crippen LogP contribution is 2.35. The molecule has 1 fully saturated rings. The highest BCUT2D eigenvalue weighted by molar-refractivity contribution is 5.93. The van der Waals surface area contributed by atoms with Gasteiger partial charge < -0.3 is 4.90 Å². The van der Waals surface area contributed by atoms with Crippen molar-refractivity contribution in [3.63, 3.8) is 0 Å². The number of nitrogens with zero attached hydrogens (tertiary/aromatic N) is 1. The maximum atomic E-state index is 11.5. The number of ketones is 1. The van der Waals surface area contributed by atoms with Crippen LogP contribution in [-0.2, 0) is 11.2 Å². The second-order valence-electron chi connectivity index (χ2n) is 3.76. The van der Waals surface area contributed by atoms with E-state index in [0.29, 0.717) is 5.78 Å². The molecule has 3 rings (SSSR count). The zero-order valence-corrected chi connectivity index (χ0v) is 7.36. The first kappa shape index (κ1) is 7.13. The van der Waals surface area contributed by atoms with Gasteiger partial charge in [-0.1, -0.05) is 18.2 Å². The summed E-state index contributed by atoms with van der Waals surface area (Å²) in [5.41, 5.74) is 2.61. The third kappa shape index (κ3) is 0.857. The third-order valence-electron chi connectivity index (χ3n) is 3.06.